The number of rotatable bonds is 1. The van der Waals surface area contributed by atoms with Crippen LogP contribution in [0.5, 0.6) is 0 Å². The van der Waals surface area contributed by atoms with Crippen molar-refractivity contribution in [2.75, 3.05) is 18.4 Å². The van der Waals surface area contributed by atoms with Crippen molar-refractivity contribution in [3.05, 3.63) is 24.5 Å². The van der Waals surface area contributed by atoms with E-state index in [2.05, 4.69) is 22.2 Å². The number of nitrogens with one attached hydrogen (secondary N) is 2. The highest BCUT2D eigenvalue weighted by molar-refractivity contribution is 5.91. The molecule has 1 aromatic carbocycles. The molecule has 2 aromatic rings. The van der Waals surface area contributed by atoms with E-state index < -0.39 is 0 Å². The predicted molar refractivity (Wildman–Crippen MR) is 75.1 cm³/mol. The molecule has 3 rings (SSSR count). The maximum absolute atomic E-state index is 12.2. The summed E-state index contributed by atoms with van der Waals surface area (Å²) in [6.07, 6.45) is 3.96. The van der Waals surface area contributed by atoms with Gasteiger partial charge in [0, 0.05) is 18.8 Å². The van der Waals surface area contributed by atoms with Gasteiger partial charge in [-0.15, -0.1) is 0 Å². The molecule has 1 aromatic heterocycles. The normalized spacial score (nSPS) is 19.6. The van der Waals surface area contributed by atoms with Crippen molar-refractivity contribution in [1.82, 2.24) is 14.9 Å². The number of fused-ring (bicyclic) bond motifs is 1. The summed E-state index contributed by atoms with van der Waals surface area (Å²) in [5, 5.41) is 2.95. The van der Waals surface area contributed by atoms with E-state index in [0.29, 0.717) is 5.92 Å². The first kappa shape index (κ1) is 12.0. The van der Waals surface area contributed by atoms with Crippen LogP contribution in [0.1, 0.15) is 19.8 Å². The lowest BCUT2D eigenvalue weighted by Gasteiger charge is -2.30. The van der Waals surface area contributed by atoms with Crippen LogP contribution >= 0.6 is 0 Å². The molecule has 0 radical (unpaired) electrons. The van der Waals surface area contributed by atoms with Crippen LogP contribution in [0.4, 0.5) is 10.5 Å². The number of carbonyl (C=O) groups excluding carboxylic acids is 1. The number of urea groups is 1. The minimum Gasteiger partial charge on any atom is -0.345 e. The van der Waals surface area contributed by atoms with Crippen LogP contribution in [0.25, 0.3) is 11.0 Å². The molecule has 1 unspecified atom stereocenters. The standard InChI is InChI=1S/C14H18N4O/c1-10-3-2-6-18(8-10)14(19)17-11-4-5-12-13(7-11)16-9-15-12/h4-5,7,9-10H,2-3,6,8H2,1H3,(H,15,16)(H,17,19). The van der Waals surface area contributed by atoms with Crippen LogP contribution < -0.4 is 5.32 Å². The average molecular weight is 258 g/mol. The van der Waals surface area contributed by atoms with Crippen LogP contribution in [-0.2, 0) is 0 Å². The summed E-state index contributed by atoms with van der Waals surface area (Å²) in [6.45, 7) is 3.89. The van der Waals surface area contributed by atoms with Crippen molar-refractivity contribution in [2.45, 2.75) is 19.8 Å². The van der Waals surface area contributed by atoms with Gasteiger partial charge in [0.05, 0.1) is 17.4 Å². The van der Waals surface area contributed by atoms with E-state index in [-0.39, 0.29) is 6.03 Å². The molecule has 1 atom stereocenters. The lowest BCUT2D eigenvalue weighted by atomic mass is 10.0. The summed E-state index contributed by atoms with van der Waals surface area (Å²) in [4.78, 5) is 21.3. The van der Waals surface area contributed by atoms with Crippen molar-refractivity contribution in [2.24, 2.45) is 5.92 Å². The summed E-state index contributed by atoms with van der Waals surface area (Å²) >= 11 is 0. The predicted octanol–water partition coefficient (Wildman–Crippen LogP) is 2.83. The first-order valence-corrected chi connectivity index (χ1v) is 6.71. The molecule has 100 valence electrons. The van der Waals surface area contributed by atoms with E-state index in [1.54, 1.807) is 6.33 Å². The number of aromatic amines is 1. The summed E-state index contributed by atoms with van der Waals surface area (Å²) in [7, 11) is 0. The Morgan fingerprint density at radius 3 is 3.26 bits per heavy atom. The van der Waals surface area contributed by atoms with Gasteiger partial charge in [-0.05, 0) is 37.0 Å². The van der Waals surface area contributed by atoms with Crippen molar-refractivity contribution in [1.29, 1.82) is 0 Å². The van der Waals surface area contributed by atoms with Gasteiger partial charge in [-0.3, -0.25) is 0 Å². The molecule has 0 spiro atoms. The Hall–Kier alpha value is -2.04. The molecule has 0 aliphatic carbocycles. The fourth-order valence-corrected chi connectivity index (χ4v) is 2.59. The Kier molecular flexibility index (Phi) is 3.11. The molecule has 1 aliphatic heterocycles. The van der Waals surface area contributed by atoms with Gasteiger partial charge in [0.25, 0.3) is 0 Å². The number of imidazole rings is 1. The zero-order valence-corrected chi connectivity index (χ0v) is 11.0. The molecule has 1 saturated heterocycles. The Bertz CT molecular complexity index is 592. The lowest BCUT2D eigenvalue weighted by molar-refractivity contribution is 0.182. The van der Waals surface area contributed by atoms with E-state index >= 15 is 0 Å². The number of hydrogen-bond acceptors (Lipinski definition) is 2. The number of hydrogen-bond donors (Lipinski definition) is 2. The highest BCUT2D eigenvalue weighted by Gasteiger charge is 2.20. The van der Waals surface area contributed by atoms with Crippen molar-refractivity contribution in [3.63, 3.8) is 0 Å². The quantitative estimate of drug-likeness (QED) is 0.826. The fourth-order valence-electron chi connectivity index (χ4n) is 2.59. The van der Waals surface area contributed by atoms with E-state index in [0.717, 1.165) is 36.2 Å². The summed E-state index contributed by atoms with van der Waals surface area (Å²) in [5.41, 5.74) is 2.65. The van der Waals surface area contributed by atoms with Crippen LogP contribution in [0, 0.1) is 5.92 Å². The number of carbonyl (C=O) groups is 1. The Labute approximate surface area is 112 Å². The van der Waals surface area contributed by atoms with Gasteiger partial charge < -0.3 is 15.2 Å². The first-order chi connectivity index (χ1) is 9.22. The summed E-state index contributed by atoms with van der Waals surface area (Å²) in [6, 6.07) is 5.69. The average Bonchev–Trinajstić information content (AvgIpc) is 2.86. The lowest BCUT2D eigenvalue weighted by Crippen LogP contribution is -2.41. The maximum Gasteiger partial charge on any atom is 0.321 e. The maximum atomic E-state index is 12.2. The molecule has 19 heavy (non-hydrogen) atoms. The van der Waals surface area contributed by atoms with Crippen LogP contribution in [0.3, 0.4) is 0 Å². The number of piperidine rings is 1. The van der Waals surface area contributed by atoms with Gasteiger partial charge in [0.15, 0.2) is 0 Å². The largest absolute Gasteiger partial charge is 0.345 e. The van der Waals surface area contributed by atoms with E-state index in [1.165, 1.54) is 6.42 Å². The molecule has 2 N–H and O–H groups in total. The summed E-state index contributed by atoms with van der Waals surface area (Å²) in [5.74, 6) is 0.592. The zero-order valence-electron chi connectivity index (χ0n) is 11.0. The zero-order chi connectivity index (χ0) is 13.2. The second-order valence-electron chi connectivity index (χ2n) is 5.26. The third-order valence-corrected chi connectivity index (χ3v) is 3.62. The van der Waals surface area contributed by atoms with Gasteiger partial charge in [-0.25, -0.2) is 9.78 Å². The van der Waals surface area contributed by atoms with Crippen molar-refractivity contribution < 1.29 is 4.79 Å². The molecular weight excluding hydrogens is 240 g/mol. The fraction of sp³-hybridized carbons (Fsp3) is 0.429. The molecule has 5 nitrogen and oxygen atoms in total. The van der Waals surface area contributed by atoms with Gasteiger partial charge in [-0.1, -0.05) is 6.92 Å². The molecule has 2 amide bonds. The topological polar surface area (TPSA) is 61.0 Å². The highest BCUT2D eigenvalue weighted by atomic mass is 16.2. The van der Waals surface area contributed by atoms with E-state index in [9.17, 15) is 4.79 Å². The van der Waals surface area contributed by atoms with Crippen LogP contribution in [-0.4, -0.2) is 34.0 Å². The van der Waals surface area contributed by atoms with Crippen LogP contribution in [0.15, 0.2) is 24.5 Å². The van der Waals surface area contributed by atoms with Gasteiger partial charge in [0.2, 0.25) is 0 Å². The molecule has 0 saturated carbocycles. The second-order valence-corrected chi connectivity index (χ2v) is 5.26. The van der Waals surface area contributed by atoms with Gasteiger partial charge in [0.1, 0.15) is 0 Å². The van der Waals surface area contributed by atoms with Crippen molar-refractivity contribution in [3.8, 4) is 0 Å². The van der Waals surface area contributed by atoms with Gasteiger partial charge in [-0.2, -0.15) is 0 Å². The van der Waals surface area contributed by atoms with Gasteiger partial charge >= 0.3 is 6.03 Å². The minimum absolute atomic E-state index is 0.00887. The Morgan fingerprint density at radius 1 is 1.53 bits per heavy atom. The monoisotopic (exact) mass is 258 g/mol. The smallest absolute Gasteiger partial charge is 0.321 e. The number of likely N-dealkylation sites (tertiary alicyclic amines) is 1. The number of H-pyrrole nitrogens is 1. The minimum atomic E-state index is -0.00887. The van der Waals surface area contributed by atoms with E-state index in [4.69, 9.17) is 0 Å². The number of nitrogens with zero attached hydrogens (tertiary/aromatic N) is 2. The Morgan fingerprint density at radius 2 is 2.42 bits per heavy atom. The molecular formula is C14H18N4O. The second kappa shape index (κ2) is 4.91. The molecule has 0 bridgehead atoms. The number of aromatic nitrogens is 2. The molecule has 2 heterocycles. The SMILES string of the molecule is CC1CCCN(C(=O)Nc2ccc3nc[nH]c3c2)C1. The van der Waals surface area contributed by atoms with Crippen LogP contribution in [0.2, 0.25) is 0 Å². The summed E-state index contributed by atoms with van der Waals surface area (Å²) < 4.78 is 0. The van der Waals surface area contributed by atoms with E-state index in [1.807, 2.05) is 23.1 Å². The molecule has 1 aliphatic rings. The van der Waals surface area contributed by atoms with Crippen molar-refractivity contribution >= 4 is 22.8 Å². The third kappa shape index (κ3) is 2.54. The Balaban J connectivity index is 1.71. The molecule has 5 heteroatoms. The number of benzene rings is 1. The third-order valence-electron chi connectivity index (χ3n) is 3.62. The first-order valence-electron chi connectivity index (χ1n) is 6.71. The number of anilines is 1. The molecule has 1 fully saturated rings. The number of amides is 2. The highest BCUT2D eigenvalue weighted by Crippen LogP contribution is 2.19.